The summed E-state index contributed by atoms with van der Waals surface area (Å²) in [5.74, 6) is -0.302. The third-order valence-electron chi connectivity index (χ3n) is 3.34. The number of carbonyl (C=O) groups is 1. The van der Waals surface area contributed by atoms with E-state index in [0.29, 0.717) is 21.8 Å². The molecule has 0 aromatic heterocycles. The van der Waals surface area contributed by atoms with Crippen LogP contribution in [0.3, 0.4) is 0 Å². The zero-order valence-electron chi connectivity index (χ0n) is 12.0. The Bertz CT molecular complexity index is 716. The largest absolute Gasteiger partial charge is 0.322 e. The maximum Gasteiger partial charge on any atom is 0.255 e. The quantitative estimate of drug-likeness (QED) is 0.674. The minimum Gasteiger partial charge on any atom is -0.322 e. The summed E-state index contributed by atoms with van der Waals surface area (Å²) in [7, 11) is 0. The van der Waals surface area contributed by atoms with Gasteiger partial charge in [0.05, 0.1) is 0 Å². The van der Waals surface area contributed by atoms with Crippen molar-refractivity contribution in [3.05, 3.63) is 74.3 Å². The molecule has 6 heteroatoms. The summed E-state index contributed by atoms with van der Waals surface area (Å²) in [6.07, 6.45) is 0.213. The molecule has 0 aliphatic rings. The molecule has 22 heavy (non-hydrogen) atoms. The van der Waals surface area contributed by atoms with Crippen LogP contribution in [-0.2, 0) is 6.42 Å². The summed E-state index contributed by atoms with van der Waals surface area (Å²) in [6.45, 7) is 1.61. The van der Waals surface area contributed by atoms with Crippen LogP contribution in [0.15, 0.2) is 42.5 Å². The van der Waals surface area contributed by atoms with Crippen LogP contribution in [0.5, 0.6) is 0 Å². The third kappa shape index (κ3) is 3.83. The first-order valence-corrected chi connectivity index (χ1v) is 7.13. The average molecular weight is 319 g/mol. The van der Waals surface area contributed by atoms with Gasteiger partial charge in [-0.15, -0.1) is 0 Å². The Kier molecular flexibility index (Phi) is 5.12. The van der Waals surface area contributed by atoms with Crippen LogP contribution in [0.2, 0.25) is 5.02 Å². The molecule has 0 fully saturated rings. The lowest BCUT2D eigenvalue weighted by atomic mass is 10.0. The Morgan fingerprint density at radius 1 is 1.23 bits per heavy atom. The van der Waals surface area contributed by atoms with Crippen LogP contribution in [0.1, 0.15) is 21.5 Å². The van der Waals surface area contributed by atoms with Gasteiger partial charge in [0.2, 0.25) is 6.54 Å². The smallest absolute Gasteiger partial charge is 0.255 e. The van der Waals surface area contributed by atoms with E-state index in [1.54, 1.807) is 42.5 Å². The van der Waals surface area contributed by atoms with E-state index in [4.69, 9.17) is 11.6 Å². The van der Waals surface area contributed by atoms with Crippen LogP contribution in [0.25, 0.3) is 0 Å². The van der Waals surface area contributed by atoms with E-state index < -0.39 is 4.92 Å². The number of amides is 1. The highest BCUT2D eigenvalue weighted by Gasteiger charge is 2.14. The second-order valence-corrected chi connectivity index (χ2v) is 5.24. The van der Waals surface area contributed by atoms with Gasteiger partial charge in [-0.3, -0.25) is 14.9 Å². The van der Waals surface area contributed by atoms with Crippen molar-refractivity contribution in [2.75, 3.05) is 11.9 Å². The number of carbonyl (C=O) groups excluding carboxylic acids is 1. The van der Waals surface area contributed by atoms with Crippen molar-refractivity contribution in [2.24, 2.45) is 0 Å². The SMILES string of the molecule is Cc1c(Cl)cccc1NC(=O)c1ccccc1CC[N+](=O)[O-]. The molecule has 0 saturated heterocycles. The van der Waals surface area contributed by atoms with Crippen LogP contribution in [0, 0.1) is 17.0 Å². The van der Waals surface area contributed by atoms with Crippen LogP contribution in [-0.4, -0.2) is 17.4 Å². The molecule has 1 N–H and O–H groups in total. The molecule has 2 aromatic rings. The first kappa shape index (κ1) is 16.0. The van der Waals surface area contributed by atoms with Crippen LogP contribution >= 0.6 is 11.6 Å². The summed E-state index contributed by atoms with van der Waals surface area (Å²) in [6, 6.07) is 12.1. The second-order valence-electron chi connectivity index (χ2n) is 4.83. The number of benzene rings is 2. The van der Waals surface area contributed by atoms with Crippen molar-refractivity contribution in [3.63, 3.8) is 0 Å². The molecule has 0 atom stereocenters. The van der Waals surface area contributed by atoms with Crippen molar-refractivity contribution in [1.82, 2.24) is 0 Å². The fourth-order valence-corrected chi connectivity index (χ4v) is 2.28. The van der Waals surface area contributed by atoms with Gasteiger partial charge >= 0.3 is 0 Å². The lowest BCUT2D eigenvalue weighted by Gasteiger charge is -2.11. The van der Waals surface area contributed by atoms with E-state index in [1.807, 2.05) is 6.92 Å². The molecular formula is C16H15ClN2O3. The molecule has 0 spiro atoms. The third-order valence-corrected chi connectivity index (χ3v) is 3.75. The zero-order valence-corrected chi connectivity index (χ0v) is 12.8. The molecule has 5 nitrogen and oxygen atoms in total. The highest BCUT2D eigenvalue weighted by molar-refractivity contribution is 6.31. The number of hydrogen-bond acceptors (Lipinski definition) is 3. The summed E-state index contributed by atoms with van der Waals surface area (Å²) in [5, 5.41) is 13.9. The highest BCUT2D eigenvalue weighted by Crippen LogP contribution is 2.24. The number of nitrogens with zero attached hydrogens (tertiary/aromatic N) is 1. The molecule has 2 rings (SSSR count). The first-order chi connectivity index (χ1) is 10.5. The molecule has 0 radical (unpaired) electrons. The summed E-state index contributed by atoms with van der Waals surface area (Å²) in [5.41, 5.74) is 2.49. The fraction of sp³-hybridized carbons (Fsp3) is 0.188. The number of nitrogens with one attached hydrogen (secondary N) is 1. The van der Waals surface area contributed by atoms with Crippen molar-refractivity contribution in [1.29, 1.82) is 0 Å². The van der Waals surface area contributed by atoms with Gasteiger partial charge in [0.25, 0.3) is 5.91 Å². The molecule has 2 aromatic carbocycles. The average Bonchev–Trinajstić information content (AvgIpc) is 2.50. The number of rotatable bonds is 5. The van der Waals surface area contributed by atoms with Crippen molar-refractivity contribution in [3.8, 4) is 0 Å². The maximum atomic E-state index is 12.4. The standard InChI is InChI=1S/C16H15ClN2O3/c1-11-14(17)7-4-8-15(11)18-16(20)13-6-3-2-5-12(13)9-10-19(21)22/h2-8H,9-10H2,1H3,(H,18,20). The van der Waals surface area contributed by atoms with Crippen molar-refractivity contribution < 1.29 is 9.72 Å². The minimum atomic E-state index is -0.393. The number of hydrogen-bond donors (Lipinski definition) is 1. The van der Waals surface area contributed by atoms with Gasteiger partial charge in [0, 0.05) is 27.6 Å². The lowest BCUT2D eigenvalue weighted by molar-refractivity contribution is -0.479. The molecule has 0 unspecified atom stereocenters. The highest BCUT2D eigenvalue weighted by atomic mass is 35.5. The summed E-state index contributed by atoms with van der Waals surface area (Å²) >= 11 is 6.03. The van der Waals surface area contributed by atoms with E-state index in [9.17, 15) is 14.9 Å². The molecular weight excluding hydrogens is 304 g/mol. The molecule has 0 aliphatic carbocycles. The van der Waals surface area contributed by atoms with E-state index in [1.165, 1.54) is 0 Å². The second kappa shape index (κ2) is 7.04. The van der Waals surface area contributed by atoms with Gasteiger partial charge in [0.1, 0.15) is 0 Å². The lowest BCUT2D eigenvalue weighted by Crippen LogP contribution is -2.16. The number of anilines is 1. The maximum absolute atomic E-state index is 12.4. The zero-order chi connectivity index (χ0) is 16.1. The van der Waals surface area contributed by atoms with Gasteiger partial charge in [0.15, 0.2) is 0 Å². The molecule has 0 bridgehead atoms. The minimum absolute atomic E-state index is 0.208. The number of halogens is 1. The first-order valence-electron chi connectivity index (χ1n) is 6.75. The van der Waals surface area contributed by atoms with Gasteiger partial charge < -0.3 is 5.32 Å². The number of nitro groups is 1. The molecule has 0 heterocycles. The fourth-order valence-electron chi connectivity index (χ4n) is 2.10. The predicted molar refractivity (Wildman–Crippen MR) is 86.1 cm³/mol. The van der Waals surface area contributed by atoms with E-state index in [0.717, 1.165) is 5.56 Å². The van der Waals surface area contributed by atoms with Crippen LogP contribution in [0.4, 0.5) is 5.69 Å². The van der Waals surface area contributed by atoms with Crippen LogP contribution < -0.4 is 5.32 Å². The Morgan fingerprint density at radius 3 is 2.68 bits per heavy atom. The molecule has 1 amide bonds. The molecule has 0 saturated carbocycles. The van der Waals surface area contributed by atoms with Gasteiger partial charge in [-0.25, -0.2) is 0 Å². The van der Waals surface area contributed by atoms with E-state index in [2.05, 4.69) is 5.32 Å². The van der Waals surface area contributed by atoms with E-state index >= 15 is 0 Å². The predicted octanol–water partition coefficient (Wildman–Crippen LogP) is 3.72. The van der Waals surface area contributed by atoms with E-state index in [-0.39, 0.29) is 18.9 Å². The Labute approximate surface area is 133 Å². The Balaban J connectivity index is 2.22. The monoisotopic (exact) mass is 318 g/mol. The summed E-state index contributed by atoms with van der Waals surface area (Å²) < 4.78 is 0. The Morgan fingerprint density at radius 2 is 1.95 bits per heavy atom. The van der Waals surface area contributed by atoms with Gasteiger partial charge in [-0.2, -0.15) is 0 Å². The van der Waals surface area contributed by atoms with Gasteiger partial charge in [-0.05, 0) is 36.2 Å². The molecule has 0 aliphatic heterocycles. The van der Waals surface area contributed by atoms with Gasteiger partial charge in [-0.1, -0.05) is 35.9 Å². The van der Waals surface area contributed by atoms with Crippen molar-refractivity contribution in [2.45, 2.75) is 13.3 Å². The Hall–Kier alpha value is -2.40. The van der Waals surface area contributed by atoms with Crippen molar-refractivity contribution >= 4 is 23.2 Å². The normalized spacial score (nSPS) is 10.3. The topological polar surface area (TPSA) is 72.2 Å². The summed E-state index contributed by atoms with van der Waals surface area (Å²) in [4.78, 5) is 22.5. The molecule has 114 valence electrons.